The van der Waals surface area contributed by atoms with E-state index in [0.717, 1.165) is 27.7 Å². The molecule has 0 saturated carbocycles. The highest BCUT2D eigenvalue weighted by atomic mass is 19.1. The largest absolute Gasteiger partial charge is 0.464 e. The maximum absolute atomic E-state index is 13.1. The van der Waals surface area contributed by atoms with E-state index in [2.05, 4.69) is 0 Å². The van der Waals surface area contributed by atoms with Crippen LogP contribution in [0.25, 0.3) is 11.0 Å². The number of para-hydroxylation sites is 1. The van der Waals surface area contributed by atoms with Gasteiger partial charge in [-0.25, -0.2) is 4.39 Å². The van der Waals surface area contributed by atoms with E-state index in [0.29, 0.717) is 6.42 Å². The molecule has 2 nitrogen and oxygen atoms in total. The summed E-state index contributed by atoms with van der Waals surface area (Å²) in [6.07, 6.45) is 1.37. The SMILES string of the molecule is Cc1cc(F)ccc1CC(O)c1coc2ccccc12. The van der Waals surface area contributed by atoms with Gasteiger partial charge in [0.2, 0.25) is 0 Å². The maximum atomic E-state index is 13.1. The summed E-state index contributed by atoms with van der Waals surface area (Å²) in [6, 6.07) is 12.2. The number of hydrogen-bond acceptors (Lipinski definition) is 2. The maximum Gasteiger partial charge on any atom is 0.134 e. The second kappa shape index (κ2) is 5.10. The van der Waals surface area contributed by atoms with Crippen LogP contribution < -0.4 is 0 Å². The molecule has 3 heteroatoms. The van der Waals surface area contributed by atoms with Gasteiger partial charge in [-0.15, -0.1) is 0 Å². The van der Waals surface area contributed by atoms with Gasteiger partial charge in [0.1, 0.15) is 11.4 Å². The molecule has 1 N–H and O–H groups in total. The predicted molar refractivity (Wildman–Crippen MR) is 76.0 cm³/mol. The van der Waals surface area contributed by atoms with Crippen molar-refractivity contribution in [2.75, 3.05) is 0 Å². The number of furan rings is 1. The standard InChI is InChI=1S/C17H15FO2/c1-11-8-13(18)7-6-12(11)9-16(19)15-10-20-17-5-3-2-4-14(15)17/h2-8,10,16,19H,9H2,1H3. The second-order valence-corrected chi connectivity index (χ2v) is 4.98. The van der Waals surface area contributed by atoms with Crippen LogP contribution in [-0.4, -0.2) is 5.11 Å². The van der Waals surface area contributed by atoms with Gasteiger partial charge in [-0.2, -0.15) is 0 Å². The lowest BCUT2D eigenvalue weighted by atomic mass is 9.98. The number of aryl methyl sites for hydroxylation is 1. The number of aliphatic hydroxyl groups excluding tert-OH is 1. The topological polar surface area (TPSA) is 33.4 Å². The summed E-state index contributed by atoms with van der Waals surface area (Å²) in [5.74, 6) is -0.255. The summed E-state index contributed by atoms with van der Waals surface area (Å²) in [5, 5.41) is 11.3. The van der Waals surface area contributed by atoms with Crippen LogP contribution in [0.2, 0.25) is 0 Å². The lowest BCUT2D eigenvalue weighted by Gasteiger charge is -2.11. The molecule has 3 rings (SSSR count). The molecule has 0 radical (unpaired) electrons. The fourth-order valence-corrected chi connectivity index (χ4v) is 2.46. The molecule has 0 saturated heterocycles. The van der Waals surface area contributed by atoms with E-state index in [1.807, 2.05) is 31.2 Å². The number of fused-ring (bicyclic) bond motifs is 1. The molecule has 0 aliphatic rings. The summed E-state index contributed by atoms with van der Waals surface area (Å²) in [4.78, 5) is 0. The van der Waals surface area contributed by atoms with Gasteiger partial charge < -0.3 is 9.52 Å². The third kappa shape index (κ3) is 2.32. The fourth-order valence-electron chi connectivity index (χ4n) is 2.46. The van der Waals surface area contributed by atoms with Crippen molar-refractivity contribution in [3.63, 3.8) is 0 Å². The number of hydrogen-bond donors (Lipinski definition) is 1. The molecule has 1 atom stereocenters. The first-order valence-corrected chi connectivity index (χ1v) is 6.54. The highest BCUT2D eigenvalue weighted by Crippen LogP contribution is 2.29. The Morgan fingerprint density at radius 2 is 2.00 bits per heavy atom. The van der Waals surface area contributed by atoms with Crippen molar-refractivity contribution in [1.29, 1.82) is 0 Å². The number of benzene rings is 2. The van der Waals surface area contributed by atoms with Crippen LogP contribution in [0.1, 0.15) is 22.8 Å². The van der Waals surface area contributed by atoms with E-state index in [9.17, 15) is 9.50 Å². The third-order valence-electron chi connectivity index (χ3n) is 3.59. The van der Waals surface area contributed by atoms with E-state index >= 15 is 0 Å². The van der Waals surface area contributed by atoms with Gasteiger partial charge in [0, 0.05) is 17.4 Å². The molecule has 1 heterocycles. The molecule has 102 valence electrons. The average molecular weight is 270 g/mol. The minimum Gasteiger partial charge on any atom is -0.464 e. The Labute approximate surface area is 116 Å². The molecular formula is C17H15FO2. The van der Waals surface area contributed by atoms with Crippen molar-refractivity contribution in [2.45, 2.75) is 19.4 Å². The zero-order valence-corrected chi connectivity index (χ0v) is 11.1. The van der Waals surface area contributed by atoms with Crippen LogP contribution in [0.5, 0.6) is 0 Å². The van der Waals surface area contributed by atoms with E-state index in [4.69, 9.17) is 4.42 Å². The predicted octanol–water partition coefficient (Wildman–Crippen LogP) is 4.16. The Morgan fingerprint density at radius 1 is 1.20 bits per heavy atom. The lowest BCUT2D eigenvalue weighted by molar-refractivity contribution is 0.178. The molecule has 0 aliphatic heterocycles. The Hall–Kier alpha value is -2.13. The van der Waals surface area contributed by atoms with Gasteiger partial charge in [-0.3, -0.25) is 0 Å². The molecule has 3 aromatic rings. The van der Waals surface area contributed by atoms with Crippen LogP contribution in [0.15, 0.2) is 53.1 Å². The summed E-state index contributed by atoms with van der Waals surface area (Å²) < 4.78 is 18.5. The Balaban J connectivity index is 1.91. The quantitative estimate of drug-likeness (QED) is 0.775. The molecular weight excluding hydrogens is 255 g/mol. The molecule has 0 spiro atoms. The summed E-state index contributed by atoms with van der Waals surface area (Å²) in [5.41, 5.74) is 3.31. The normalized spacial score (nSPS) is 12.8. The molecule has 20 heavy (non-hydrogen) atoms. The van der Waals surface area contributed by atoms with Crippen LogP contribution in [0.3, 0.4) is 0 Å². The zero-order chi connectivity index (χ0) is 14.1. The Kier molecular flexibility index (Phi) is 3.28. The van der Waals surface area contributed by atoms with Crippen molar-refractivity contribution < 1.29 is 13.9 Å². The number of aliphatic hydroxyl groups is 1. The highest BCUT2D eigenvalue weighted by Gasteiger charge is 2.15. The minimum atomic E-state index is -0.664. The van der Waals surface area contributed by atoms with Crippen LogP contribution in [0, 0.1) is 12.7 Å². The van der Waals surface area contributed by atoms with Gasteiger partial charge in [-0.05, 0) is 36.2 Å². The van der Waals surface area contributed by atoms with Crippen LogP contribution in [0.4, 0.5) is 4.39 Å². The molecule has 0 aliphatic carbocycles. The van der Waals surface area contributed by atoms with E-state index < -0.39 is 6.10 Å². The highest BCUT2D eigenvalue weighted by molar-refractivity contribution is 5.81. The van der Waals surface area contributed by atoms with E-state index in [-0.39, 0.29) is 5.82 Å². The Morgan fingerprint density at radius 3 is 2.80 bits per heavy atom. The Bertz CT molecular complexity index is 746. The summed E-state index contributed by atoms with van der Waals surface area (Å²) in [7, 11) is 0. The second-order valence-electron chi connectivity index (χ2n) is 4.98. The smallest absolute Gasteiger partial charge is 0.134 e. The molecule has 1 aromatic heterocycles. The van der Waals surface area contributed by atoms with Crippen molar-refractivity contribution in [3.8, 4) is 0 Å². The third-order valence-corrected chi connectivity index (χ3v) is 3.59. The fraction of sp³-hybridized carbons (Fsp3) is 0.176. The molecule has 1 unspecified atom stereocenters. The summed E-state index contributed by atoms with van der Waals surface area (Å²) >= 11 is 0. The summed E-state index contributed by atoms with van der Waals surface area (Å²) in [6.45, 7) is 1.85. The van der Waals surface area contributed by atoms with Gasteiger partial charge in [0.15, 0.2) is 0 Å². The molecule has 0 bridgehead atoms. The van der Waals surface area contributed by atoms with E-state index in [1.165, 1.54) is 12.1 Å². The van der Waals surface area contributed by atoms with Crippen LogP contribution in [-0.2, 0) is 6.42 Å². The van der Waals surface area contributed by atoms with Gasteiger partial charge >= 0.3 is 0 Å². The van der Waals surface area contributed by atoms with E-state index in [1.54, 1.807) is 12.3 Å². The zero-order valence-electron chi connectivity index (χ0n) is 11.1. The minimum absolute atomic E-state index is 0.255. The number of rotatable bonds is 3. The van der Waals surface area contributed by atoms with Gasteiger partial charge in [0.05, 0.1) is 12.4 Å². The van der Waals surface area contributed by atoms with Crippen molar-refractivity contribution in [3.05, 3.63) is 71.2 Å². The van der Waals surface area contributed by atoms with Crippen molar-refractivity contribution in [1.82, 2.24) is 0 Å². The van der Waals surface area contributed by atoms with Crippen LogP contribution >= 0.6 is 0 Å². The molecule has 2 aromatic carbocycles. The molecule has 0 amide bonds. The number of halogens is 1. The van der Waals surface area contributed by atoms with Gasteiger partial charge in [-0.1, -0.05) is 24.3 Å². The van der Waals surface area contributed by atoms with Gasteiger partial charge in [0.25, 0.3) is 0 Å². The first-order valence-electron chi connectivity index (χ1n) is 6.54. The van der Waals surface area contributed by atoms with Crippen molar-refractivity contribution in [2.24, 2.45) is 0 Å². The van der Waals surface area contributed by atoms with Crippen molar-refractivity contribution >= 4 is 11.0 Å². The first-order chi connectivity index (χ1) is 9.65. The average Bonchev–Trinajstić information content (AvgIpc) is 2.86. The first kappa shape index (κ1) is 12.9. The molecule has 0 fully saturated rings. The monoisotopic (exact) mass is 270 g/mol. The lowest BCUT2D eigenvalue weighted by Crippen LogP contribution is -2.02.